The van der Waals surface area contributed by atoms with Crippen molar-refractivity contribution < 1.29 is 19.0 Å². The maximum absolute atomic E-state index is 14.5. The van der Waals surface area contributed by atoms with Gasteiger partial charge in [0.1, 0.15) is 11.6 Å². The minimum atomic E-state index is -0.881. The monoisotopic (exact) mass is 493 g/mol. The van der Waals surface area contributed by atoms with E-state index in [1.165, 1.54) is 42.5 Å². The highest BCUT2D eigenvalue weighted by atomic mass is 19.1. The third-order valence-corrected chi connectivity index (χ3v) is 6.78. The number of carbonyl (C=O) groups is 1. The van der Waals surface area contributed by atoms with E-state index in [1.807, 2.05) is 12.1 Å². The van der Waals surface area contributed by atoms with E-state index >= 15 is 0 Å². The van der Waals surface area contributed by atoms with Crippen LogP contribution >= 0.6 is 0 Å². The third-order valence-electron chi connectivity index (χ3n) is 6.78. The van der Waals surface area contributed by atoms with Gasteiger partial charge in [-0.1, -0.05) is 18.6 Å². The zero-order chi connectivity index (χ0) is 25.2. The van der Waals surface area contributed by atoms with Crippen LogP contribution in [0.4, 0.5) is 27.5 Å². The van der Waals surface area contributed by atoms with Gasteiger partial charge in [-0.2, -0.15) is 4.98 Å². The van der Waals surface area contributed by atoms with E-state index in [2.05, 4.69) is 30.7 Å². The fourth-order valence-electron chi connectivity index (χ4n) is 4.95. The minimum Gasteiger partial charge on any atom is -0.495 e. The van der Waals surface area contributed by atoms with Gasteiger partial charge in [-0.15, -0.1) is 10.2 Å². The van der Waals surface area contributed by atoms with Gasteiger partial charge in [0.25, 0.3) is 5.91 Å². The number of methoxy groups -OCH3 is 1. The van der Waals surface area contributed by atoms with E-state index in [-0.39, 0.29) is 28.7 Å². The van der Waals surface area contributed by atoms with Crippen LogP contribution in [0.3, 0.4) is 0 Å². The van der Waals surface area contributed by atoms with Crippen molar-refractivity contribution >= 4 is 29.0 Å². The zero-order valence-electron chi connectivity index (χ0n) is 19.9. The van der Waals surface area contributed by atoms with Gasteiger partial charge >= 0.3 is 0 Å². The number of aliphatic hydroxyl groups excluding tert-OH is 1. The summed E-state index contributed by atoms with van der Waals surface area (Å²) in [6.45, 7) is 1.55. The molecule has 5 rings (SSSR count). The van der Waals surface area contributed by atoms with Gasteiger partial charge in [-0.25, -0.2) is 4.39 Å². The second kappa shape index (κ2) is 10.0. The third kappa shape index (κ3) is 4.67. The summed E-state index contributed by atoms with van der Waals surface area (Å²) < 4.78 is 20.1. The molecule has 1 amide bonds. The van der Waals surface area contributed by atoms with Gasteiger partial charge in [-0.3, -0.25) is 9.69 Å². The summed E-state index contributed by atoms with van der Waals surface area (Å²) in [7, 11) is 1.60. The molecule has 2 aromatic carbocycles. The molecule has 2 aliphatic heterocycles. The Bertz CT molecular complexity index is 1300. The van der Waals surface area contributed by atoms with Crippen LogP contribution < -0.4 is 21.1 Å². The number of hydrogen-bond acceptors (Lipinski definition) is 9. The SMILES string of the molecule is COc1cc2c(cc1Nc1nnc(C(N)=O)c(Nc3c(F)cccc3CO)n1)CN1CCCCC1C2. The predicted octanol–water partition coefficient (Wildman–Crippen LogP) is 3.01. The number of halogens is 1. The van der Waals surface area contributed by atoms with E-state index < -0.39 is 18.3 Å². The first-order valence-electron chi connectivity index (χ1n) is 11.9. The number of benzene rings is 2. The molecular formula is C25H28FN7O3. The van der Waals surface area contributed by atoms with Crippen molar-refractivity contribution in [3.8, 4) is 5.75 Å². The van der Waals surface area contributed by atoms with Crippen molar-refractivity contribution in [3.05, 3.63) is 58.5 Å². The molecule has 0 radical (unpaired) electrons. The Morgan fingerprint density at radius 3 is 2.89 bits per heavy atom. The molecule has 1 unspecified atom stereocenters. The van der Waals surface area contributed by atoms with Gasteiger partial charge < -0.3 is 26.2 Å². The first-order valence-corrected chi connectivity index (χ1v) is 11.9. The molecule has 1 atom stereocenters. The number of ether oxygens (including phenoxy) is 1. The molecule has 36 heavy (non-hydrogen) atoms. The molecule has 3 heterocycles. The van der Waals surface area contributed by atoms with Gasteiger partial charge in [0.2, 0.25) is 5.95 Å². The topological polar surface area (TPSA) is 139 Å². The maximum Gasteiger partial charge on any atom is 0.273 e. The normalized spacial score (nSPS) is 17.1. The van der Waals surface area contributed by atoms with E-state index in [1.54, 1.807) is 13.2 Å². The average Bonchev–Trinajstić information content (AvgIpc) is 2.88. The summed E-state index contributed by atoms with van der Waals surface area (Å²) in [5.74, 6) is -0.903. The van der Waals surface area contributed by atoms with Crippen molar-refractivity contribution in [1.29, 1.82) is 0 Å². The highest BCUT2D eigenvalue weighted by Gasteiger charge is 2.29. The molecule has 3 aromatic rings. The fraction of sp³-hybridized carbons (Fsp3) is 0.360. The Hall–Kier alpha value is -3.83. The number of nitrogens with one attached hydrogen (secondary N) is 2. The molecule has 0 spiro atoms. The number of hydrogen-bond donors (Lipinski definition) is 4. The van der Waals surface area contributed by atoms with Crippen LogP contribution in [-0.4, -0.2) is 50.8 Å². The minimum absolute atomic E-state index is 0.0311. The van der Waals surface area contributed by atoms with Gasteiger partial charge in [0.05, 0.1) is 25.1 Å². The number of carbonyl (C=O) groups excluding carboxylic acids is 1. The van der Waals surface area contributed by atoms with Crippen molar-refractivity contribution in [2.45, 2.75) is 44.9 Å². The molecule has 1 fully saturated rings. The van der Waals surface area contributed by atoms with Crippen LogP contribution in [0.5, 0.6) is 5.75 Å². The summed E-state index contributed by atoms with van der Waals surface area (Å²) >= 11 is 0. The summed E-state index contributed by atoms with van der Waals surface area (Å²) in [5, 5.41) is 23.4. The summed E-state index contributed by atoms with van der Waals surface area (Å²) in [6, 6.07) is 8.89. The number of anilines is 4. The Kier molecular flexibility index (Phi) is 6.66. The summed E-state index contributed by atoms with van der Waals surface area (Å²) in [6.07, 6.45) is 4.68. The van der Waals surface area contributed by atoms with E-state index in [4.69, 9.17) is 10.5 Å². The summed E-state index contributed by atoms with van der Waals surface area (Å²) in [5.41, 5.74) is 8.55. The number of nitrogens with zero attached hydrogens (tertiary/aromatic N) is 4. The lowest BCUT2D eigenvalue weighted by molar-refractivity contribution is 0.0995. The standard InChI is InChI=1S/C25H28FN7O3/c1-36-20-11-15-9-17-6-2-3-8-33(17)12-16(15)10-19(20)28-25-30-24(22(23(27)35)31-32-25)29-21-14(13-34)5-4-7-18(21)26/h4-5,7,10-11,17,34H,2-3,6,8-9,12-13H2,1H3,(H2,27,35)(H2,28,29,30,32). The Morgan fingerprint density at radius 2 is 2.11 bits per heavy atom. The van der Waals surface area contributed by atoms with E-state index in [0.29, 0.717) is 17.5 Å². The number of para-hydroxylation sites is 1. The number of aromatic nitrogens is 3. The lowest BCUT2D eigenvalue weighted by Gasteiger charge is -2.40. The Labute approximate surface area is 207 Å². The number of primary amides is 1. The molecule has 0 saturated carbocycles. The van der Waals surface area contributed by atoms with Crippen molar-refractivity contribution in [3.63, 3.8) is 0 Å². The van der Waals surface area contributed by atoms with Crippen LogP contribution in [0, 0.1) is 5.82 Å². The van der Waals surface area contributed by atoms with Gasteiger partial charge in [0.15, 0.2) is 11.5 Å². The largest absolute Gasteiger partial charge is 0.495 e. The molecule has 5 N–H and O–H groups in total. The Morgan fingerprint density at radius 1 is 1.25 bits per heavy atom. The number of fused-ring (bicyclic) bond motifs is 2. The van der Waals surface area contributed by atoms with Gasteiger partial charge in [-0.05, 0) is 55.1 Å². The molecule has 0 aliphatic carbocycles. The molecule has 0 bridgehead atoms. The predicted molar refractivity (Wildman–Crippen MR) is 132 cm³/mol. The number of amides is 1. The summed E-state index contributed by atoms with van der Waals surface area (Å²) in [4.78, 5) is 18.8. The van der Waals surface area contributed by atoms with Crippen LogP contribution in [0.2, 0.25) is 0 Å². The van der Waals surface area contributed by atoms with E-state index in [9.17, 15) is 14.3 Å². The van der Waals surface area contributed by atoms with Crippen molar-refractivity contribution in [1.82, 2.24) is 20.1 Å². The van der Waals surface area contributed by atoms with Crippen LogP contribution in [-0.2, 0) is 19.6 Å². The van der Waals surface area contributed by atoms with Crippen LogP contribution in [0.25, 0.3) is 0 Å². The van der Waals surface area contributed by atoms with Crippen LogP contribution in [0.1, 0.15) is 46.4 Å². The second-order valence-corrected chi connectivity index (χ2v) is 9.02. The Balaban J connectivity index is 1.47. The molecule has 10 nitrogen and oxygen atoms in total. The fourth-order valence-corrected chi connectivity index (χ4v) is 4.95. The molecule has 188 valence electrons. The quantitative estimate of drug-likeness (QED) is 0.391. The average molecular weight is 494 g/mol. The second-order valence-electron chi connectivity index (χ2n) is 9.02. The lowest BCUT2D eigenvalue weighted by Crippen LogP contribution is -2.43. The van der Waals surface area contributed by atoms with Crippen molar-refractivity contribution in [2.75, 3.05) is 24.3 Å². The van der Waals surface area contributed by atoms with E-state index in [0.717, 1.165) is 19.5 Å². The maximum atomic E-state index is 14.5. The number of nitrogens with two attached hydrogens (primary N) is 1. The van der Waals surface area contributed by atoms with Crippen molar-refractivity contribution in [2.24, 2.45) is 5.73 Å². The number of rotatable bonds is 7. The smallest absolute Gasteiger partial charge is 0.273 e. The number of aliphatic hydroxyl groups is 1. The molecule has 1 saturated heterocycles. The molecule has 11 heteroatoms. The molecular weight excluding hydrogens is 465 g/mol. The van der Waals surface area contributed by atoms with Crippen LogP contribution in [0.15, 0.2) is 30.3 Å². The first-order chi connectivity index (χ1) is 17.5. The van der Waals surface area contributed by atoms with Gasteiger partial charge in [0, 0.05) is 18.2 Å². The zero-order valence-corrected chi connectivity index (χ0v) is 19.9. The number of piperidine rings is 1. The molecule has 1 aromatic heterocycles. The highest BCUT2D eigenvalue weighted by Crippen LogP contribution is 2.36. The lowest BCUT2D eigenvalue weighted by atomic mass is 9.88. The highest BCUT2D eigenvalue weighted by molar-refractivity contribution is 5.96. The molecule has 2 aliphatic rings. The first kappa shape index (κ1) is 23.9.